The Bertz CT molecular complexity index is 946. The van der Waals surface area contributed by atoms with Gasteiger partial charge in [-0.2, -0.15) is 0 Å². The molecule has 3 aromatic rings. The second-order valence-corrected chi connectivity index (χ2v) is 7.13. The van der Waals surface area contributed by atoms with Gasteiger partial charge in [-0.1, -0.05) is 6.07 Å². The molecular weight excluding hydrogens is 350 g/mol. The van der Waals surface area contributed by atoms with Crippen LogP contribution >= 0.6 is 0 Å². The van der Waals surface area contributed by atoms with E-state index in [0.717, 1.165) is 47.7 Å². The average Bonchev–Trinajstić information content (AvgIpc) is 2.75. The standard InChI is InChI=1S/C22H23N5O/c1-16-25-14-20(17-7-10-23-11-8-17)22(26-16)18-5-4-12-27(15-18)21(28)13-19-6-2-3-9-24-19/h2-3,6-11,14,18H,4-5,12-13,15H2,1H3/t18-/m1/s1. The zero-order valence-corrected chi connectivity index (χ0v) is 16.0. The van der Waals surface area contributed by atoms with Gasteiger partial charge < -0.3 is 4.90 Å². The molecule has 4 heterocycles. The lowest BCUT2D eigenvalue weighted by molar-refractivity contribution is -0.131. The van der Waals surface area contributed by atoms with Crippen molar-refractivity contribution in [2.24, 2.45) is 0 Å². The maximum Gasteiger partial charge on any atom is 0.228 e. The second kappa shape index (κ2) is 8.25. The van der Waals surface area contributed by atoms with E-state index in [2.05, 4.69) is 15.0 Å². The van der Waals surface area contributed by atoms with E-state index in [-0.39, 0.29) is 11.8 Å². The van der Waals surface area contributed by atoms with Crippen LogP contribution in [0.15, 0.2) is 55.1 Å². The van der Waals surface area contributed by atoms with Gasteiger partial charge in [0.2, 0.25) is 5.91 Å². The van der Waals surface area contributed by atoms with E-state index in [9.17, 15) is 4.79 Å². The van der Waals surface area contributed by atoms with E-state index in [1.807, 2.05) is 48.4 Å². The van der Waals surface area contributed by atoms with Crippen molar-refractivity contribution in [2.45, 2.75) is 32.1 Å². The average molecular weight is 373 g/mol. The SMILES string of the molecule is Cc1ncc(-c2ccncc2)c([C@@H]2CCCN(C(=O)Cc3ccccn3)C2)n1. The van der Waals surface area contributed by atoms with E-state index >= 15 is 0 Å². The molecule has 0 saturated carbocycles. The molecule has 1 aliphatic heterocycles. The largest absolute Gasteiger partial charge is 0.342 e. The van der Waals surface area contributed by atoms with Crippen LogP contribution in [-0.4, -0.2) is 43.8 Å². The number of amides is 1. The Morgan fingerprint density at radius 3 is 2.79 bits per heavy atom. The minimum atomic E-state index is 0.125. The summed E-state index contributed by atoms with van der Waals surface area (Å²) in [6.07, 6.45) is 9.51. The Morgan fingerprint density at radius 2 is 2.00 bits per heavy atom. The molecule has 0 unspecified atom stereocenters. The highest BCUT2D eigenvalue weighted by molar-refractivity contribution is 5.78. The van der Waals surface area contributed by atoms with Gasteiger partial charge in [-0.25, -0.2) is 9.97 Å². The number of aromatic nitrogens is 4. The van der Waals surface area contributed by atoms with E-state index in [1.54, 1.807) is 18.6 Å². The summed E-state index contributed by atoms with van der Waals surface area (Å²) in [5.41, 5.74) is 3.91. The quantitative estimate of drug-likeness (QED) is 0.702. The zero-order chi connectivity index (χ0) is 19.3. The van der Waals surface area contributed by atoms with Crippen LogP contribution < -0.4 is 0 Å². The monoisotopic (exact) mass is 373 g/mol. The fourth-order valence-corrected chi connectivity index (χ4v) is 3.75. The van der Waals surface area contributed by atoms with Crippen molar-refractivity contribution in [3.05, 3.63) is 72.3 Å². The second-order valence-electron chi connectivity index (χ2n) is 7.13. The van der Waals surface area contributed by atoms with Crippen LogP contribution in [0.2, 0.25) is 0 Å². The molecule has 1 atom stereocenters. The molecule has 0 aliphatic carbocycles. The predicted octanol–water partition coefficient (Wildman–Crippen LogP) is 3.19. The molecule has 0 aromatic carbocycles. The molecule has 4 rings (SSSR count). The highest BCUT2D eigenvalue weighted by Crippen LogP contribution is 2.33. The fraction of sp³-hybridized carbons (Fsp3) is 0.318. The van der Waals surface area contributed by atoms with Crippen molar-refractivity contribution >= 4 is 5.91 Å². The predicted molar refractivity (Wildman–Crippen MR) is 106 cm³/mol. The highest BCUT2D eigenvalue weighted by Gasteiger charge is 2.28. The summed E-state index contributed by atoms with van der Waals surface area (Å²) in [7, 11) is 0. The van der Waals surface area contributed by atoms with Crippen LogP contribution in [0.4, 0.5) is 0 Å². The third-order valence-corrected chi connectivity index (χ3v) is 5.15. The molecule has 1 saturated heterocycles. The van der Waals surface area contributed by atoms with Crippen LogP contribution in [0.1, 0.15) is 36.0 Å². The molecule has 6 heteroatoms. The van der Waals surface area contributed by atoms with Gasteiger partial charge in [0.15, 0.2) is 0 Å². The number of hydrogen-bond donors (Lipinski definition) is 0. The van der Waals surface area contributed by atoms with Gasteiger partial charge in [-0.05, 0) is 49.6 Å². The van der Waals surface area contributed by atoms with Crippen molar-refractivity contribution < 1.29 is 4.79 Å². The zero-order valence-electron chi connectivity index (χ0n) is 16.0. The topological polar surface area (TPSA) is 71.9 Å². The van der Waals surface area contributed by atoms with Crippen molar-refractivity contribution in [3.63, 3.8) is 0 Å². The lowest BCUT2D eigenvalue weighted by Crippen LogP contribution is -2.40. The molecule has 0 N–H and O–H groups in total. The molecule has 142 valence electrons. The summed E-state index contributed by atoms with van der Waals surface area (Å²) >= 11 is 0. The number of nitrogens with zero attached hydrogens (tertiary/aromatic N) is 5. The molecule has 0 spiro atoms. The lowest BCUT2D eigenvalue weighted by atomic mass is 9.90. The first kappa shape index (κ1) is 18.2. The van der Waals surface area contributed by atoms with Gasteiger partial charge in [0.25, 0.3) is 0 Å². The summed E-state index contributed by atoms with van der Waals surface area (Å²) in [5.74, 6) is 1.08. The van der Waals surface area contributed by atoms with Crippen molar-refractivity contribution in [2.75, 3.05) is 13.1 Å². The van der Waals surface area contributed by atoms with Crippen LogP contribution in [0.3, 0.4) is 0 Å². The fourth-order valence-electron chi connectivity index (χ4n) is 3.75. The van der Waals surface area contributed by atoms with Gasteiger partial charge in [0.05, 0.1) is 12.1 Å². The first-order chi connectivity index (χ1) is 13.7. The molecule has 1 fully saturated rings. The lowest BCUT2D eigenvalue weighted by Gasteiger charge is -2.33. The number of carbonyl (C=O) groups is 1. The summed E-state index contributed by atoms with van der Waals surface area (Å²) in [5, 5.41) is 0. The minimum absolute atomic E-state index is 0.125. The van der Waals surface area contributed by atoms with Gasteiger partial charge in [0.1, 0.15) is 5.82 Å². The summed E-state index contributed by atoms with van der Waals surface area (Å²) in [4.78, 5) is 32.3. The van der Waals surface area contributed by atoms with Crippen LogP contribution in [0.5, 0.6) is 0 Å². The van der Waals surface area contributed by atoms with Crippen molar-refractivity contribution in [1.82, 2.24) is 24.8 Å². The smallest absolute Gasteiger partial charge is 0.228 e. The number of carbonyl (C=O) groups excluding carboxylic acids is 1. The summed E-state index contributed by atoms with van der Waals surface area (Å²) < 4.78 is 0. The highest BCUT2D eigenvalue weighted by atomic mass is 16.2. The summed E-state index contributed by atoms with van der Waals surface area (Å²) in [6, 6.07) is 9.63. The Balaban J connectivity index is 1.56. The number of pyridine rings is 2. The molecule has 0 radical (unpaired) electrons. The number of hydrogen-bond acceptors (Lipinski definition) is 5. The molecular formula is C22H23N5O. The Kier molecular flexibility index (Phi) is 5.37. The van der Waals surface area contributed by atoms with E-state index < -0.39 is 0 Å². The molecule has 3 aromatic heterocycles. The summed E-state index contributed by atoms with van der Waals surface area (Å²) in [6.45, 7) is 3.38. The third kappa shape index (κ3) is 4.06. The van der Waals surface area contributed by atoms with Crippen molar-refractivity contribution in [1.29, 1.82) is 0 Å². The van der Waals surface area contributed by atoms with E-state index in [4.69, 9.17) is 4.98 Å². The van der Waals surface area contributed by atoms with Crippen LogP contribution in [0.25, 0.3) is 11.1 Å². The maximum absolute atomic E-state index is 12.8. The van der Waals surface area contributed by atoms with Gasteiger partial charge in [-0.15, -0.1) is 0 Å². The molecule has 0 bridgehead atoms. The first-order valence-electron chi connectivity index (χ1n) is 9.62. The van der Waals surface area contributed by atoms with E-state index in [1.165, 1.54) is 0 Å². The Hall–Kier alpha value is -3.15. The number of likely N-dealkylation sites (tertiary alicyclic amines) is 1. The minimum Gasteiger partial charge on any atom is -0.342 e. The van der Waals surface area contributed by atoms with Gasteiger partial charge >= 0.3 is 0 Å². The van der Waals surface area contributed by atoms with Gasteiger partial charge in [-0.3, -0.25) is 14.8 Å². The molecule has 1 amide bonds. The maximum atomic E-state index is 12.8. The van der Waals surface area contributed by atoms with Crippen LogP contribution in [-0.2, 0) is 11.2 Å². The molecule has 1 aliphatic rings. The Morgan fingerprint density at radius 1 is 1.14 bits per heavy atom. The number of rotatable bonds is 4. The molecule has 6 nitrogen and oxygen atoms in total. The Labute approximate surface area is 164 Å². The third-order valence-electron chi connectivity index (χ3n) is 5.15. The normalized spacial score (nSPS) is 16.8. The molecule has 28 heavy (non-hydrogen) atoms. The van der Waals surface area contributed by atoms with E-state index in [0.29, 0.717) is 13.0 Å². The number of piperidine rings is 1. The van der Waals surface area contributed by atoms with Crippen molar-refractivity contribution in [3.8, 4) is 11.1 Å². The van der Waals surface area contributed by atoms with Crippen LogP contribution in [0, 0.1) is 6.92 Å². The first-order valence-corrected chi connectivity index (χ1v) is 9.62. The number of aryl methyl sites for hydroxylation is 1. The van der Waals surface area contributed by atoms with Gasteiger partial charge in [0, 0.05) is 55.1 Å².